The van der Waals surface area contributed by atoms with E-state index < -0.39 is 0 Å². The standard InChI is InChI=1S/C8H15O.Na/c1-2-3-4-5-6-7-8-9;/h2-7H2,1H3;. The quantitative estimate of drug-likeness (QED) is 0.418. The summed E-state index contributed by atoms with van der Waals surface area (Å²) in [6.45, 7) is 2.21. The summed E-state index contributed by atoms with van der Waals surface area (Å²) in [4.78, 5) is 10.5. The molecule has 0 aromatic carbocycles. The number of unbranched alkanes of at least 4 members (excludes halogenated alkanes) is 4. The first-order valence-corrected chi connectivity index (χ1v) is 5.26. The maximum atomic E-state index is 10.5. The summed E-state index contributed by atoms with van der Waals surface area (Å²) in [5.74, 6) is 0. The Morgan fingerprint density at radius 2 is 1.80 bits per heavy atom. The summed E-state index contributed by atoms with van der Waals surface area (Å²) in [5.41, 5.74) is 0. The van der Waals surface area contributed by atoms with Crippen molar-refractivity contribution in [2.45, 2.75) is 45.4 Å². The van der Waals surface area contributed by atoms with E-state index in [1.807, 2.05) is 0 Å². The molecule has 0 atom stereocenters. The molecule has 1 nitrogen and oxygen atoms in total. The Balaban J connectivity index is 2.84. The fourth-order valence-electron chi connectivity index (χ4n) is 0.977. The normalized spacial score (nSPS) is 9.90. The number of hydrogen-bond acceptors (Lipinski definition) is 1. The molecule has 54 valence electrons. The first-order chi connectivity index (χ1) is 4.77. The minimum absolute atomic E-state index is 0.469. The number of carbonyl (C=O) groups is 1. The van der Waals surface area contributed by atoms with E-state index in [1.54, 1.807) is 0 Å². The van der Waals surface area contributed by atoms with Gasteiger partial charge in [0.2, 0.25) is 0 Å². The summed E-state index contributed by atoms with van der Waals surface area (Å²) < 4.78 is 0.469. The van der Waals surface area contributed by atoms with E-state index in [2.05, 4.69) is 6.92 Å². The molecular formula is C8H15NaO. The van der Waals surface area contributed by atoms with Crippen LogP contribution < -0.4 is 0 Å². The zero-order valence-corrected chi connectivity index (χ0v) is 9.15. The fourth-order valence-corrected chi connectivity index (χ4v) is 1.33. The van der Waals surface area contributed by atoms with Crippen LogP contribution in [0.15, 0.2) is 0 Å². The van der Waals surface area contributed by atoms with Gasteiger partial charge in [-0.2, -0.15) is 0 Å². The molecule has 0 aromatic rings. The van der Waals surface area contributed by atoms with E-state index in [4.69, 9.17) is 0 Å². The number of rotatable bonds is 6. The second kappa shape index (κ2) is 7.77. The van der Waals surface area contributed by atoms with E-state index in [0.717, 1.165) is 40.8 Å². The van der Waals surface area contributed by atoms with Gasteiger partial charge in [0.15, 0.2) is 0 Å². The van der Waals surface area contributed by atoms with Gasteiger partial charge in [-0.15, -0.1) is 0 Å². The molecular weight excluding hydrogens is 135 g/mol. The fraction of sp³-hybridized carbons (Fsp3) is 0.875. The summed E-state index contributed by atoms with van der Waals surface area (Å²) in [6, 6.07) is 0. The van der Waals surface area contributed by atoms with Gasteiger partial charge in [0, 0.05) is 0 Å². The molecule has 10 heavy (non-hydrogen) atoms. The van der Waals surface area contributed by atoms with Gasteiger partial charge >= 0.3 is 81.2 Å². The van der Waals surface area contributed by atoms with Crippen LogP contribution in [0.25, 0.3) is 0 Å². The summed E-state index contributed by atoms with van der Waals surface area (Å²) in [6.07, 6.45) is 7.15. The zero-order chi connectivity index (χ0) is 7.82. The molecule has 0 fully saturated rings. The van der Waals surface area contributed by atoms with Gasteiger partial charge in [-0.25, -0.2) is 0 Å². The maximum absolute atomic E-state index is 10.5. The Labute approximate surface area is 81.0 Å². The van der Waals surface area contributed by atoms with Crippen LogP contribution in [-0.4, -0.2) is 31.0 Å². The molecule has 0 aliphatic rings. The zero-order valence-electron chi connectivity index (χ0n) is 7.15. The van der Waals surface area contributed by atoms with Crippen LogP contribution in [0.2, 0.25) is 0 Å². The third-order valence-corrected chi connectivity index (χ3v) is 2.13. The monoisotopic (exact) mass is 150 g/mol. The van der Waals surface area contributed by atoms with E-state index in [9.17, 15) is 4.79 Å². The van der Waals surface area contributed by atoms with Crippen molar-refractivity contribution in [3.8, 4) is 0 Å². The Bertz CT molecular complexity index is 91.3. The third kappa shape index (κ3) is 8.67. The SMILES string of the molecule is CCCCCCC[C](=O)[Na]. The molecule has 0 N–H and O–H groups in total. The van der Waals surface area contributed by atoms with Crippen LogP contribution >= 0.6 is 0 Å². The van der Waals surface area contributed by atoms with Crippen LogP contribution in [0.5, 0.6) is 0 Å². The second-order valence-corrected chi connectivity index (χ2v) is 3.98. The van der Waals surface area contributed by atoms with E-state index >= 15 is 0 Å². The molecule has 0 aliphatic heterocycles. The number of carbonyl (C=O) groups excluding carboxylic acids is 1. The van der Waals surface area contributed by atoms with Crippen molar-refractivity contribution < 1.29 is 4.79 Å². The van der Waals surface area contributed by atoms with Crippen molar-refractivity contribution in [3.05, 3.63) is 0 Å². The van der Waals surface area contributed by atoms with Gasteiger partial charge in [-0.1, -0.05) is 0 Å². The molecule has 2 heteroatoms. The molecule has 0 amide bonds. The Kier molecular flexibility index (Phi) is 8.29. The van der Waals surface area contributed by atoms with E-state index in [0.29, 0.717) is 3.03 Å². The van der Waals surface area contributed by atoms with Crippen LogP contribution in [0, 0.1) is 0 Å². The van der Waals surface area contributed by atoms with Crippen molar-refractivity contribution >= 4 is 31.0 Å². The van der Waals surface area contributed by atoms with Gasteiger partial charge in [-0.05, 0) is 0 Å². The molecule has 0 radical (unpaired) electrons. The molecule has 0 rings (SSSR count). The summed E-state index contributed by atoms with van der Waals surface area (Å²) >= 11 is 0.749. The van der Waals surface area contributed by atoms with Crippen LogP contribution in [0.3, 0.4) is 0 Å². The Morgan fingerprint density at radius 3 is 2.30 bits per heavy atom. The average molecular weight is 150 g/mol. The molecule has 0 spiro atoms. The Hall–Kier alpha value is 0.670. The third-order valence-electron chi connectivity index (χ3n) is 1.63. The summed E-state index contributed by atoms with van der Waals surface area (Å²) in [7, 11) is 0. The Morgan fingerprint density at radius 1 is 1.20 bits per heavy atom. The summed E-state index contributed by atoms with van der Waals surface area (Å²) in [5, 5.41) is 0. The van der Waals surface area contributed by atoms with Crippen LogP contribution in [0.4, 0.5) is 0 Å². The van der Waals surface area contributed by atoms with Gasteiger partial charge in [-0.3, -0.25) is 0 Å². The molecule has 0 aliphatic carbocycles. The van der Waals surface area contributed by atoms with Gasteiger partial charge in [0.25, 0.3) is 0 Å². The van der Waals surface area contributed by atoms with Crippen molar-refractivity contribution in [3.63, 3.8) is 0 Å². The van der Waals surface area contributed by atoms with Crippen molar-refractivity contribution in [1.29, 1.82) is 0 Å². The molecule has 0 saturated carbocycles. The van der Waals surface area contributed by atoms with Gasteiger partial charge in [0.05, 0.1) is 0 Å². The van der Waals surface area contributed by atoms with E-state index in [-0.39, 0.29) is 0 Å². The molecule has 0 aromatic heterocycles. The molecule has 0 bridgehead atoms. The van der Waals surface area contributed by atoms with Gasteiger partial charge in [0.1, 0.15) is 0 Å². The van der Waals surface area contributed by atoms with Crippen molar-refractivity contribution in [2.75, 3.05) is 0 Å². The topological polar surface area (TPSA) is 17.1 Å². The number of hydrogen-bond donors (Lipinski definition) is 0. The average Bonchev–Trinajstić information content (AvgIpc) is 1.87. The first-order valence-electron chi connectivity index (χ1n) is 4.26. The predicted octanol–water partition coefficient (Wildman–Crippen LogP) is 2.04. The minimum atomic E-state index is 0.469. The second-order valence-electron chi connectivity index (χ2n) is 2.87. The molecule has 0 heterocycles. The van der Waals surface area contributed by atoms with Crippen LogP contribution in [-0.2, 0) is 4.79 Å². The predicted molar refractivity (Wildman–Crippen MR) is 44.1 cm³/mol. The first kappa shape index (κ1) is 10.7. The van der Waals surface area contributed by atoms with Crippen molar-refractivity contribution in [2.24, 2.45) is 0 Å². The van der Waals surface area contributed by atoms with Crippen LogP contribution in [0.1, 0.15) is 45.4 Å². The van der Waals surface area contributed by atoms with Gasteiger partial charge < -0.3 is 0 Å². The van der Waals surface area contributed by atoms with Crippen molar-refractivity contribution in [1.82, 2.24) is 0 Å². The molecule has 0 saturated heterocycles. The molecule has 0 unspecified atom stereocenters. The van der Waals surface area contributed by atoms with E-state index in [1.165, 1.54) is 25.7 Å².